The maximum atomic E-state index is 4.41. The van der Waals surface area contributed by atoms with Gasteiger partial charge in [-0.05, 0) is 11.6 Å². The highest BCUT2D eigenvalue weighted by Gasteiger charge is 2.23. The van der Waals surface area contributed by atoms with Crippen molar-refractivity contribution >= 4 is 18.3 Å². The Hall–Kier alpha value is -2.27. The lowest BCUT2D eigenvalue weighted by Crippen LogP contribution is -2.25. The molecule has 1 aromatic heterocycles. The highest BCUT2D eigenvalue weighted by atomic mass is 32.1. The molecule has 0 fully saturated rings. The number of para-hydroxylation sites is 1. The van der Waals surface area contributed by atoms with Crippen molar-refractivity contribution < 1.29 is 0 Å². The number of thiol groups is 1. The van der Waals surface area contributed by atoms with Gasteiger partial charge in [0.05, 0.1) is 12.2 Å². The summed E-state index contributed by atoms with van der Waals surface area (Å²) in [5, 5.41) is 8.60. The van der Waals surface area contributed by atoms with Gasteiger partial charge in [-0.2, -0.15) is 12.6 Å². The van der Waals surface area contributed by atoms with E-state index < -0.39 is 0 Å². The van der Waals surface area contributed by atoms with Crippen LogP contribution in [0.4, 0.5) is 5.69 Å². The first-order chi connectivity index (χ1) is 11.4. The van der Waals surface area contributed by atoms with Crippen molar-refractivity contribution in [3.05, 3.63) is 65.9 Å². The Bertz CT molecular complexity index is 813. The lowest BCUT2D eigenvalue weighted by Gasteiger charge is -2.24. The molecule has 0 spiro atoms. The van der Waals surface area contributed by atoms with Crippen LogP contribution in [0.3, 0.4) is 0 Å². The molecule has 0 radical (unpaired) electrons. The number of hydrogen-bond acceptors (Lipinski definition) is 4. The molecule has 4 nitrogen and oxygen atoms in total. The summed E-state index contributed by atoms with van der Waals surface area (Å²) in [6, 6.07) is 19.1. The zero-order chi connectivity index (χ0) is 15.6. The smallest absolute Gasteiger partial charge is 0.100 e. The third-order valence-corrected chi connectivity index (χ3v) is 4.55. The van der Waals surface area contributed by atoms with Crippen LogP contribution in [-0.2, 0) is 18.8 Å². The predicted molar refractivity (Wildman–Crippen MR) is 95.6 cm³/mol. The summed E-state index contributed by atoms with van der Waals surface area (Å²) in [6.07, 6.45) is 0. The van der Waals surface area contributed by atoms with E-state index in [0.717, 1.165) is 31.0 Å². The van der Waals surface area contributed by atoms with Crippen molar-refractivity contribution in [2.24, 2.45) is 0 Å². The zero-order valence-electron chi connectivity index (χ0n) is 12.8. The second kappa shape index (κ2) is 6.08. The van der Waals surface area contributed by atoms with Crippen LogP contribution in [0.1, 0.15) is 11.3 Å². The Labute approximate surface area is 141 Å². The first kappa shape index (κ1) is 14.3. The number of fused-ring (bicyclic) bond motifs is 3. The maximum absolute atomic E-state index is 4.41. The van der Waals surface area contributed by atoms with Crippen LogP contribution in [0.25, 0.3) is 11.3 Å². The fraction of sp³-hybridized carbons (Fsp3) is 0.222. The Morgan fingerprint density at radius 3 is 2.57 bits per heavy atom. The predicted octanol–water partition coefficient (Wildman–Crippen LogP) is 3.40. The molecular weight excluding hydrogens is 304 g/mol. The second-order valence-electron chi connectivity index (χ2n) is 5.69. The lowest BCUT2D eigenvalue weighted by molar-refractivity contribution is 0.586. The van der Waals surface area contributed by atoms with Gasteiger partial charge in [0.25, 0.3) is 0 Å². The summed E-state index contributed by atoms with van der Waals surface area (Å²) >= 11 is 4.41. The van der Waals surface area contributed by atoms with Crippen LogP contribution < -0.4 is 4.90 Å². The van der Waals surface area contributed by atoms with Gasteiger partial charge in [0.2, 0.25) is 0 Å². The molecule has 3 aromatic rings. The molecule has 0 amide bonds. The first-order valence-electron chi connectivity index (χ1n) is 7.78. The van der Waals surface area contributed by atoms with Crippen molar-refractivity contribution in [2.45, 2.75) is 18.8 Å². The SMILES string of the molecule is SCc1nnn2c1-c1ccccc1N(Cc1ccccc1)CC2. The van der Waals surface area contributed by atoms with E-state index in [-0.39, 0.29) is 0 Å². The van der Waals surface area contributed by atoms with Crippen LogP contribution in [-0.4, -0.2) is 21.5 Å². The Morgan fingerprint density at radius 2 is 1.74 bits per heavy atom. The summed E-state index contributed by atoms with van der Waals surface area (Å²) in [6.45, 7) is 2.64. The minimum absolute atomic E-state index is 0.600. The fourth-order valence-electron chi connectivity index (χ4n) is 3.16. The van der Waals surface area contributed by atoms with Gasteiger partial charge in [-0.25, -0.2) is 4.68 Å². The summed E-state index contributed by atoms with van der Waals surface area (Å²) in [5.74, 6) is 0.600. The average molecular weight is 322 g/mol. The van der Waals surface area contributed by atoms with Crippen LogP contribution in [0.15, 0.2) is 54.6 Å². The van der Waals surface area contributed by atoms with E-state index in [1.54, 1.807) is 0 Å². The van der Waals surface area contributed by atoms with Crippen LogP contribution in [0.5, 0.6) is 0 Å². The summed E-state index contributed by atoms with van der Waals surface area (Å²) in [4.78, 5) is 2.42. The van der Waals surface area contributed by atoms with Crippen molar-refractivity contribution in [3.8, 4) is 11.3 Å². The van der Waals surface area contributed by atoms with Crippen molar-refractivity contribution in [1.82, 2.24) is 15.0 Å². The average Bonchev–Trinajstić information content (AvgIpc) is 2.96. The van der Waals surface area contributed by atoms with E-state index in [2.05, 4.69) is 82.4 Å². The van der Waals surface area contributed by atoms with E-state index >= 15 is 0 Å². The molecule has 116 valence electrons. The van der Waals surface area contributed by atoms with Gasteiger partial charge in [0, 0.05) is 30.1 Å². The number of benzene rings is 2. The summed E-state index contributed by atoms with van der Waals surface area (Å²) in [5.41, 5.74) is 5.79. The van der Waals surface area contributed by atoms with E-state index in [1.165, 1.54) is 16.8 Å². The van der Waals surface area contributed by atoms with Gasteiger partial charge in [0.1, 0.15) is 5.69 Å². The van der Waals surface area contributed by atoms with Gasteiger partial charge in [-0.1, -0.05) is 53.7 Å². The van der Waals surface area contributed by atoms with Crippen LogP contribution in [0.2, 0.25) is 0 Å². The molecule has 23 heavy (non-hydrogen) atoms. The lowest BCUT2D eigenvalue weighted by atomic mass is 10.1. The summed E-state index contributed by atoms with van der Waals surface area (Å²) in [7, 11) is 0. The number of rotatable bonds is 3. The minimum atomic E-state index is 0.600. The molecule has 1 aliphatic rings. The fourth-order valence-corrected chi connectivity index (χ4v) is 3.37. The molecule has 5 heteroatoms. The van der Waals surface area contributed by atoms with Gasteiger partial charge in [-0.3, -0.25) is 0 Å². The minimum Gasteiger partial charge on any atom is -0.365 e. The number of anilines is 1. The molecule has 0 saturated heterocycles. The molecule has 0 aliphatic carbocycles. The molecule has 1 aliphatic heterocycles. The topological polar surface area (TPSA) is 34.0 Å². The molecule has 2 aromatic carbocycles. The van der Waals surface area contributed by atoms with Crippen molar-refractivity contribution in [1.29, 1.82) is 0 Å². The van der Waals surface area contributed by atoms with Crippen molar-refractivity contribution in [2.75, 3.05) is 11.4 Å². The largest absolute Gasteiger partial charge is 0.365 e. The van der Waals surface area contributed by atoms with E-state index in [1.807, 2.05) is 4.68 Å². The molecule has 0 atom stereocenters. The standard InChI is InChI=1S/C18H18N4S/c23-13-16-18-15-8-4-5-9-17(15)21(10-11-22(18)20-19-16)12-14-6-2-1-3-7-14/h1-9,23H,10-13H2. The van der Waals surface area contributed by atoms with Gasteiger partial charge in [0.15, 0.2) is 0 Å². The first-order valence-corrected chi connectivity index (χ1v) is 8.41. The van der Waals surface area contributed by atoms with Gasteiger partial charge >= 0.3 is 0 Å². The molecule has 0 bridgehead atoms. The van der Waals surface area contributed by atoms with Gasteiger partial charge in [-0.15, -0.1) is 5.10 Å². The normalized spacial score (nSPS) is 13.3. The van der Waals surface area contributed by atoms with E-state index in [9.17, 15) is 0 Å². The molecule has 0 N–H and O–H groups in total. The van der Waals surface area contributed by atoms with Crippen LogP contribution in [0, 0.1) is 0 Å². The highest BCUT2D eigenvalue weighted by Crippen LogP contribution is 2.35. The Balaban J connectivity index is 1.78. The van der Waals surface area contributed by atoms with E-state index in [0.29, 0.717) is 5.75 Å². The molecule has 2 heterocycles. The van der Waals surface area contributed by atoms with Crippen LogP contribution >= 0.6 is 12.6 Å². The molecular formula is C18H18N4S. The second-order valence-corrected chi connectivity index (χ2v) is 6.01. The maximum Gasteiger partial charge on any atom is 0.100 e. The monoisotopic (exact) mass is 322 g/mol. The molecule has 0 unspecified atom stereocenters. The Kier molecular flexibility index (Phi) is 3.79. The Morgan fingerprint density at radius 1 is 0.957 bits per heavy atom. The molecule has 4 rings (SSSR count). The number of aromatic nitrogens is 3. The highest BCUT2D eigenvalue weighted by molar-refractivity contribution is 7.79. The molecule has 0 saturated carbocycles. The quantitative estimate of drug-likeness (QED) is 0.751. The van der Waals surface area contributed by atoms with Crippen molar-refractivity contribution in [3.63, 3.8) is 0 Å². The third kappa shape index (κ3) is 2.61. The number of nitrogens with zero attached hydrogens (tertiary/aromatic N) is 4. The zero-order valence-corrected chi connectivity index (χ0v) is 13.7. The third-order valence-electron chi connectivity index (χ3n) is 4.25. The number of hydrogen-bond donors (Lipinski definition) is 1. The van der Waals surface area contributed by atoms with E-state index in [4.69, 9.17) is 0 Å². The van der Waals surface area contributed by atoms with Gasteiger partial charge < -0.3 is 4.90 Å². The summed E-state index contributed by atoms with van der Waals surface area (Å²) < 4.78 is 2.01.